The van der Waals surface area contributed by atoms with Crippen LogP contribution in [0.25, 0.3) is 22.3 Å². The molecule has 0 fully saturated rings. The summed E-state index contributed by atoms with van der Waals surface area (Å²) in [7, 11) is 1.60. The van der Waals surface area contributed by atoms with Gasteiger partial charge in [0.2, 0.25) is 0 Å². The summed E-state index contributed by atoms with van der Waals surface area (Å²) in [6.45, 7) is 10.3. The van der Waals surface area contributed by atoms with Gasteiger partial charge in [-0.2, -0.15) is 0 Å². The number of ketones is 1. The summed E-state index contributed by atoms with van der Waals surface area (Å²) in [4.78, 5) is 23.9. The minimum atomic E-state index is -0.170. The molecule has 0 amide bonds. The number of hydrogen-bond acceptors (Lipinski definition) is 5. The molecule has 0 atom stereocenters. The second-order valence-corrected chi connectivity index (χ2v) is 6.60. The summed E-state index contributed by atoms with van der Waals surface area (Å²) in [5, 5.41) is 0.750. The smallest absolute Gasteiger partial charge is 0.298 e. The van der Waals surface area contributed by atoms with Crippen LogP contribution in [0.3, 0.4) is 0 Å². The summed E-state index contributed by atoms with van der Waals surface area (Å²) in [6.07, 6.45) is 0. The van der Waals surface area contributed by atoms with E-state index in [4.69, 9.17) is 13.9 Å². The summed E-state index contributed by atoms with van der Waals surface area (Å²) >= 11 is 0. The van der Waals surface area contributed by atoms with Crippen molar-refractivity contribution < 1.29 is 23.5 Å². The topological polar surface area (TPSA) is 65.7 Å². The number of fused-ring (bicyclic) bond motifs is 1. The van der Waals surface area contributed by atoms with Crippen LogP contribution >= 0.6 is 0 Å². The standard InChI is InChI=1S/C24H18O5.2C2H6/c1-15-3-12-20-21(13-15)29-24(17-6-8-18(27-2)9-7-17)22(20)23(26)16-4-10-19(11-5-16)28-14-25;2*1-2/h3-14H,1-2H3;2*1-2H3. The third kappa shape index (κ3) is 5.69. The minimum absolute atomic E-state index is 0.170. The van der Waals surface area contributed by atoms with Gasteiger partial charge < -0.3 is 13.9 Å². The molecule has 0 saturated carbocycles. The number of rotatable bonds is 6. The maximum atomic E-state index is 13.4. The normalized spacial score (nSPS) is 9.76. The van der Waals surface area contributed by atoms with Crippen molar-refractivity contribution in [3.05, 3.63) is 83.4 Å². The van der Waals surface area contributed by atoms with Gasteiger partial charge in [0, 0.05) is 16.5 Å². The van der Waals surface area contributed by atoms with Gasteiger partial charge in [-0.05, 0) is 67.1 Å². The third-order valence-electron chi connectivity index (χ3n) is 4.73. The van der Waals surface area contributed by atoms with Crippen LogP contribution in [0.15, 0.2) is 71.1 Å². The van der Waals surface area contributed by atoms with Crippen LogP contribution in [0.1, 0.15) is 49.2 Å². The quantitative estimate of drug-likeness (QED) is 0.231. The third-order valence-corrected chi connectivity index (χ3v) is 4.73. The Morgan fingerprint density at radius 1 is 0.848 bits per heavy atom. The first kappa shape index (κ1) is 25.4. The van der Waals surface area contributed by atoms with Crippen molar-refractivity contribution in [2.75, 3.05) is 7.11 Å². The molecule has 0 radical (unpaired) electrons. The monoisotopic (exact) mass is 446 g/mol. The zero-order valence-electron chi connectivity index (χ0n) is 20.0. The van der Waals surface area contributed by atoms with Crippen molar-refractivity contribution in [1.82, 2.24) is 0 Å². The summed E-state index contributed by atoms with van der Waals surface area (Å²) < 4.78 is 16.1. The van der Waals surface area contributed by atoms with E-state index in [9.17, 15) is 9.59 Å². The van der Waals surface area contributed by atoms with Crippen LogP contribution in [0.2, 0.25) is 0 Å². The number of furan rings is 1. The molecule has 3 aromatic carbocycles. The van der Waals surface area contributed by atoms with Crippen molar-refractivity contribution in [2.45, 2.75) is 34.6 Å². The van der Waals surface area contributed by atoms with Gasteiger partial charge in [-0.1, -0.05) is 39.8 Å². The average Bonchev–Trinajstić information content (AvgIpc) is 3.25. The first-order chi connectivity index (χ1) is 16.1. The molecule has 5 heteroatoms. The molecule has 0 aliphatic rings. The van der Waals surface area contributed by atoms with Crippen molar-refractivity contribution in [3.8, 4) is 22.8 Å². The van der Waals surface area contributed by atoms with Gasteiger partial charge in [-0.3, -0.25) is 9.59 Å². The fourth-order valence-electron chi connectivity index (χ4n) is 3.26. The van der Waals surface area contributed by atoms with Gasteiger partial charge in [0.1, 0.15) is 22.8 Å². The Bertz CT molecular complexity index is 1190. The lowest BCUT2D eigenvalue weighted by Crippen LogP contribution is -2.02. The average molecular weight is 447 g/mol. The molecule has 33 heavy (non-hydrogen) atoms. The number of hydrogen-bond donors (Lipinski definition) is 0. The number of aryl methyl sites for hydroxylation is 1. The number of ether oxygens (including phenoxy) is 2. The summed E-state index contributed by atoms with van der Waals surface area (Å²) in [5.74, 6) is 1.43. The van der Waals surface area contributed by atoms with Crippen molar-refractivity contribution in [3.63, 3.8) is 0 Å². The fourth-order valence-corrected chi connectivity index (χ4v) is 3.26. The Morgan fingerprint density at radius 2 is 1.45 bits per heavy atom. The second kappa shape index (κ2) is 12.2. The summed E-state index contributed by atoms with van der Waals surface area (Å²) in [6, 6.07) is 19.6. The maximum Gasteiger partial charge on any atom is 0.298 e. The van der Waals surface area contributed by atoms with Crippen LogP contribution in [-0.4, -0.2) is 19.4 Å². The van der Waals surface area contributed by atoms with E-state index in [0.717, 1.165) is 22.3 Å². The van der Waals surface area contributed by atoms with Gasteiger partial charge in [0.05, 0.1) is 12.7 Å². The van der Waals surface area contributed by atoms with E-state index in [1.807, 2.05) is 77.1 Å². The number of benzene rings is 3. The lowest BCUT2D eigenvalue weighted by Gasteiger charge is -2.05. The molecule has 0 spiro atoms. The summed E-state index contributed by atoms with van der Waals surface area (Å²) in [5.41, 5.74) is 3.45. The molecular formula is C28H30O5. The molecular weight excluding hydrogens is 416 g/mol. The highest BCUT2D eigenvalue weighted by Gasteiger charge is 2.23. The molecule has 0 aliphatic heterocycles. The van der Waals surface area contributed by atoms with Crippen LogP contribution in [-0.2, 0) is 4.79 Å². The van der Waals surface area contributed by atoms with E-state index < -0.39 is 0 Å². The Kier molecular flexibility index (Phi) is 9.43. The fraction of sp³-hybridized carbons (Fsp3) is 0.214. The van der Waals surface area contributed by atoms with Gasteiger partial charge in [-0.25, -0.2) is 0 Å². The van der Waals surface area contributed by atoms with E-state index in [1.54, 1.807) is 31.4 Å². The van der Waals surface area contributed by atoms with Gasteiger partial charge >= 0.3 is 0 Å². The molecule has 0 unspecified atom stereocenters. The van der Waals surface area contributed by atoms with E-state index >= 15 is 0 Å². The number of carbonyl (C=O) groups is 2. The Morgan fingerprint density at radius 3 is 2.03 bits per heavy atom. The SMILES string of the molecule is CC.CC.COc1ccc(-c2oc3cc(C)ccc3c2C(=O)c2ccc(OC=O)cc2)cc1. The van der Waals surface area contributed by atoms with Crippen LogP contribution in [0.5, 0.6) is 11.5 Å². The molecule has 1 heterocycles. The number of methoxy groups -OCH3 is 1. The largest absolute Gasteiger partial charge is 0.497 e. The van der Waals surface area contributed by atoms with E-state index in [0.29, 0.717) is 34.7 Å². The highest BCUT2D eigenvalue weighted by atomic mass is 16.5. The minimum Gasteiger partial charge on any atom is -0.497 e. The molecule has 0 aliphatic carbocycles. The predicted octanol–water partition coefficient (Wildman–Crippen LogP) is 7.24. The maximum absolute atomic E-state index is 13.4. The van der Waals surface area contributed by atoms with Crippen LogP contribution in [0.4, 0.5) is 0 Å². The first-order valence-corrected chi connectivity index (χ1v) is 11.0. The van der Waals surface area contributed by atoms with Crippen molar-refractivity contribution >= 4 is 23.2 Å². The Balaban J connectivity index is 0.000000914. The zero-order valence-corrected chi connectivity index (χ0v) is 20.0. The first-order valence-electron chi connectivity index (χ1n) is 11.0. The highest BCUT2D eigenvalue weighted by Crippen LogP contribution is 2.36. The molecule has 0 N–H and O–H groups in total. The van der Waals surface area contributed by atoms with E-state index in [1.165, 1.54) is 0 Å². The molecule has 5 nitrogen and oxygen atoms in total. The molecule has 0 bridgehead atoms. The van der Waals surface area contributed by atoms with E-state index in [2.05, 4.69) is 0 Å². The lowest BCUT2D eigenvalue weighted by atomic mass is 9.97. The van der Waals surface area contributed by atoms with Gasteiger partial charge in [0.25, 0.3) is 6.47 Å². The zero-order chi connectivity index (χ0) is 24.4. The van der Waals surface area contributed by atoms with Crippen LogP contribution < -0.4 is 9.47 Å². The lowest BCUT2D eigenvalue weighted by molar-refractivity contribution is -0.120. The molecule has 0 saturated heterocycles. The van der Waals surface area contributed by atoms with Gasteiger partial charge in [0.15, 0.2) is 5.78 Å². The highest BCUT2D eigenvalue weighted by molar-refractivity contribution is 6.19. The van der Waals surface area contributed by atoms with E-state index in [-0.39, 0.29) is 5.78 Å². The molecule has 1 aromatic heterocycles. The second-order valence-electron chi connectivity index (χ2n) is 6.60. The number of carbonyl (C=O) groups excluding carboxylic acids is 2. The Hall–Kier alpha value is -3.86. The molecule has 4 aromatic rings. The predicted molar refractivity (Wildman–Crippen MR) is 132 cm³/mol. The van der Waals surface area contributed by atoms with Crippen LogP contribution in [0, 0.1) is 6.92 Å². The molecule has 4 rings (SSSR count). The Labute approximate surface area is 195 Å². The van der Waals surface area contributed by atoms with Gasteiger partial charge in [-0.15, -0.1) is 0 Å². The van der Waals surface area contributed by atoms with Crippen molar-refractivity contribution in [1.29, 1.82) is 0 Å². The van der Waals surface area contributed by atoms with Crippen molar-refractivity contribution in [2.24, 2.45) is 0 Å². The molecule has 172 valence electrons.